The van der Waals surface area contributed by atoms with Crippen molar-refractivity contribution >= 4 is 15.9 Å². The van der Waals surface area contributed by atoms with E-state index in [0.29, 0.717) is 5.56 Å². The number of nitrogens with zero attached hydrogens (tertiary/aromatic N) is 1. The van der Waals surface area contributed by atoms with Gasteiger partial charge in [0.15, 0.2) is 0 Å². The average Bonchev–Trinajstić information content (AvgIpc) is 2.35. The first-order chi connectivity index (χ1) is 9.16. The number of nitrogens with two attached hydrogens (primary N) is 2. The summed E-state index contributed by atoms with van der Waals surface area (Å²) in [4.78, 5) is 11.2. The molecule has 0 fully saturated rings. The van der Waals surface area contributed by atoms with Gasteiger partial charge >= 0.3 is 0 Å². The van der Waals surface area contributed by atoms with Crippen molar-refractivity contribution in [1.82, 2.24) is 4.31 Å². The van der Waals surface area contributed by atoms with Crippen LogP contribution >= 0.6 is 0 Å². The molecule has 1 aromatic rings. The Kier molecular flexibility index (Phi) is 5.27. The Balaban J connectivity index is 3.26. The molecule has 1 rings (SSSR count). The first-order valence-electron chi connectivity index (χ1n) is 6.32. The Labute approximate surface area is 119 Å². The van der Waals surface area contributed by atoms with Gasteiger partial charge in [-0.05, 0) is 38.5 Å². The fourth-order valence-corrected chi connectivity index (χ4v) is 3.45. The van der Waals surface area contributed by atoms with Gasteiger partial charge in [0.05, 0.1) is 11.4 Å². The van der Waals surface area contributed by atoms with E-state index >= 15 is 0 Å². The maximum Gasteiger partial charge on any atom is 0.243 e. The van der Waals surface area contributed by atoms with Crippen LogP contribution in [0.15, 0.2) is 29.2 Å². The highest BCUT2D eigenvalue weighted by molar-refractivity contribution is 7.89. The van der Waals surface area contributed by atoms with Crippen LogP contribution in [0.2, 0.25) is 0 Å². The number of hydrogen-bond donors (Lipinski definition) is 2. The maximum absolute atomic E-state index is 12.6. The quantitative estimate of drug-likeness (QED) is 0.801. The smallest absolute Gasteiger partial charge is 0.243 e. The summed E-state index contributed by atoms with van der Waals surface area (Å²) in [5.74, 6) is -0.689. The zero-order valence-electron chi connectivity index (χ0n) is 11.9. The van der Waals surface area contributed by atoms with Crippen molar-refractivity contribution in [2.75, 3.05) is 6.54 Å². The van der Waals surface area contributed by atoms with E-state index in [2.05, 4.69) is 0 Å². The molecule has 1 atom stereocenters. The monoisotopic (exact) mass is 299 g/mol. The highest BCUT2D eigenvalue weighted by Gasteiger charge is 2.28. The topological polar surface area (TPSA) is 106 Å². The third-order valence-corrected chi connectivity index (χ3v) is 4.90. The van der Waals surface area contributed by atoms with Gasteiger partial charge < -0.3 is 11.5 Å². The molecule has 0 aliphatic rings. The van der Waals surface area contributed by atoms with Crippen LogP contribution in [-0.2, 0) is 14.8 Å². The number of hydrogen-bond acceptors (Lipinski definition) is 4. The highest BCUT2D eigenvalue weighted by Crippen LogP contribution is 2.21. The maximum atomic E-state index is 12.6. The lowest BCUT2D eigenvalue weighted by Gasteiger charge is -2.24. The second-order valence-electron chi connectivity index (χ2n) is 4.97. The van der Waals surface area contributed by atoms with Gasteiger partial charge in [-0.25, -0.2) is 8.42 Å². The van der Waals surface area contributed by atoms with Gasteiger partial charge in [0.25, 0.3) is 0 Å². The number of primary amides is 1. The Morgan fingerprint density at radius 2 is 1.90 bits per heavy atom. The number of amides is 1. The van der Waals surface area contributed by atoms with Crippen LogP contribution in [0, 0.1) is 0 Å². The Bertz CT molecular complexity index is 582. The van der Waals surface area contributed by atoms with Gasteiger partial charge in [-0.1, -0.05) is 12.1 Å². The van der Waals surface area contributed by atoms with Crippen LogP contribution in [0.5, 0.6) is 0 Å². The van der Waals surface area contributed by atoms with Crippen molar-refractivity contribution in [1.29, 1.82) is 0 Å². The predicted molar refractivity (Wildman–Crippen MR) is 77.3 cm³/mol. The van der Waals surface area contributed by atoms with Crippen molar-refractivity contribution in [3.05, 3.63) is 29.8 Å². The number of carbonyl (C=O) groups is 1. The molecule has 4 N–H and O–H groups in total. The van der Waals surface area contributed by atoms with E-state index in [-0.39, 0.29) is 23.5 Å². The van der Waals surface area contributed by atoms with E-state index in [0.717, 1.165) is 4.31 Å². The van der Waals surface area contributed by atoms with Gasteiger partial charge in [0.2, 0.25) is 15.9 Å². The molecule has 1 amide bonds. The summed E-state index contributed by atoms with van der Waals surface area (Å²) < 4.78 is 26.2. The fourth-order valence-electron chi connectivity index (χ4n) is 1.79. The molecule has 0 heterocycles. The third-order valence-electron chi connectivity index (χ3n) is 2.88. The molecule has 6 nitrogen and oxygen atoms in total. The van der Waals surface area contributed by atoms with Gasteiger partial charge in [-0.3, -0.25) is 4.79 Å². The van der Waals surface area contributed by atoms with Crippen molar-refractivity contribution in [2.45, 2.75) is 37.8 Å². The number of carbonyl (C=O) groups excluding carboxylic acids is 1. The molecule has 0 saturated carbocycles. The normalized spacial score (nSPS) is 13.7. The largest absolute Gasteiger partial charge is 0.369 e. The molecule has 0 aliphatic carbocycles. The van der Waals surface area contributed by atoms with E-state index < -0.39 is 15.9 Å². The number of sulfonamides is 1. The van der Waals surface area contributed by atoms with E-state index in [1.54, 1.807) is 32.9 Å². The van der Waals surface area contributed by atoms with Crippen LogP contribution < -0.4 is 11.5 Å². The molecule has 1 aromatic carbocycles. The van der Waals surface area contributed by atoms with Gasteiger partial charge in [0, 0.05) is 12.1 Å². The summed E-state index contributed by atoms with van der Waals surface area (Å²) in [6.07, 6.45) is 0. The Hall–Kier alpha value is -1.44. The summed E-state index contributed by atoms with van der Waals surface area (Å²) in [6, 6.07) is 5.76. The second-order valence-corrected chi connectivity index (χ2v) is 6.86. The van der Waals surface area contributed by atoms with Crippen LogP contribution in [0.1, 0.15) is 32.4 Å². The lowest BCUT2D eigenvalue weighted by molar-refractivity contribution is -0.118. The summed E-state index contributed by atoms with van der Waals surface area (Å²) >= 11 is 0. The fraction of sp³-hybridized carbons (Fsp3) is 0.462. The standard InChI is InChI=1S/C13H21N3O3S/c1-9(2)16(8-13(15)17)20(18,19)12-6-4-5-11(7-12)10(3)14/h4-7,9-10H,8,14H2,1-3H3,(H2,15,17). The molecule has 0 bridgehead atoms. The van der Waals surface area contributed by atoms with E-state index in [1.165, 1.54) is 12.1 Å². The highest BCUT2D eigenvalue weighted by atomic mass is 32.2. The van der Waals surface area contributed by atoms with Crippen molar-refractivity contribution in [2.24, 2.45) is 11.5 Å². The summed E-state index contributed by atoms with van der Waals surface area (Å²) in [7, 11) is -3.77. The molecule has 1 unspecified atom stereocenters. The molecule has 0 aromatic heterocycles. The third kappa shape index (κ3) is 3.78. The first-order valence-corrected chi connectivity index (χ1v) is 7.76. The molecule has 0 aliphatic heterocycles. The van der Waals surface area contributed by atoms with Crippen LogP contribution in [0.4, 0.5) is 0 Å². The summed E-state index contributed by atoms with van der Waals surface area (Å²) in [5, 5.41) is 0. The molecule has 0 spiro atoms. The zero-order chi connectivity index (χ0) is 15.5. The average molecular weight is 299 g/mol. The van der Waals surface area contributed by atoms with Gasteiger partial charge in [-0.15, -0.1) is 0 Å². The van der Waals surface area contributed by atoms with Crippen molar-refractivity contribution < 1.29 is 13.2 Å². The Morgan fingerprint density at radius 3 is 2.35 bits per heavy atom. The zero-order valence-corrected chi connectivity index (χ0v) is 12.7. The van der Waals surface area contributed by atoms with E-state index in [4.69, 9.17) is 11.5 Å². The molecule has 112 valence electrons. The van der Waals surface area contributed by atoms with Gasteiger partial charge in [0.1, 0.15) is 0 Å². The van der Waals surface area contributed by atoms with Crippen LogP contribution in [0.3, 0.4) is 0 Å². The summed E-state index contributed by atoms with van der Waals surface area (Å²) in [5.41, 5.74) is 11.6. The van der Waals surface area contributed by atoms with E-state index in [9.17, 15) is 13.2 Å². The molecular formula is C13H21N3O3S. The van der Waals surface area contributed by atoms with E-state index in [1.807, 2.05) is 0 Å². The molecule has 0 saturated heterocycles. The number of rotatable bonds is 6. The minimum absolute atomic E-state index is 0.113. The van der Waals surface area contributed by atoms with Crippen LogP contribution in [0.25, 0.3) is 0 Å². The molecular weight excluding hydrogens is 278 g/mol. The molecule has 20 heavy (non-hydrogen) atoms. The van der Waals surface area contributed by atoms with Gasteiger partial charge in [-0.2, -0.15) is 4.31 Å². The van der Waals surface area contributed by atoms with Crippen molar-refractivity contribution in [3.8, 4) is 0 Å². The number of benzene rings is 1. The second kappa shape index (κ2) is 6.34. The minimum Gasteiger partial charge on any atom is -0.369 e. The molecule has 7 heteroatoms. The molecule has 0 radical (unpaired) electrons. The van der Waals surface area contributed by atoms with Crippen molar-refractivity contribution in [3.63, 3.8) is 0 Å². The minimum atomic E-state index is -3.77. The van der Waals surface area contributed by atoms with Crippen LogP contribution in [-0.4, -0.2) is 31.2 Å². The summed E-state index contributed by atoms with van der Waals surface area (Å²) in [6.45, 7) is 4.81. The Morgan fingerprint density at radius 1 is 1.30 bits per heavy atom. The SMILES string of the molecule is CC(N)c1cccc(S(=O)(=O)N(CC(N)=O)C(C)C)c1. The first kappa shape index (κ1) is 16.6. The lowest BCUT2D eigenvalue weighted by atomic mass is 10.1. The predicted octanol–water partition coefficient (Wildman–Crippen LogP) is 0.591. The lowest BCUT2D eigenvalue weighted by Crippen LogP contribution is -2.42.